The predicted octanol–water partition coefficient (Wildman–Crippen LogP) is 2.97. The lowest BCUT2D eigenvalue weighted by Gasteiger charge is -2.18. The smallest absolute Gasteiger partial charge is 0.243 e. The third-order valence-corrected chi connectivity index (χ3v) is 6.63. The number of methoxy groups -OCH3 is 1. The summed E-state index contributed by atoms with van der Waals surface area (Å²) < 4.78 is 31.7. The van der Waals surface area contributed by atoms with Gasteiger partial charge in [0.15, 0.2) is 0 Å². The molecule has 0 spiro atoms. The molecule has 152 valence electrons. The molecule has 0 unspecified atom stereocenters. The minimum absolute atomic E-state index is 0.0641. The summed E-state index contributed by atoms with van der Waals surface area (Å²) in [6.45, 7) is 4.86. The molecule has 0 heterocycles. The summed E-state index contributed by atoms with van der Waals surface area (Å²) in [5.74, 6) is 0.714. The monoisotopic (exact) mass is 404 g/mol. The van der Waals surface area contributed by atoms with Crippen molar-refractivity contribution in [2.24, 2.45) is 0 Å². The van der Waals surface area contributed by atoms with Gasteiger partial charge >= 0.3 is 0 Å². The molecular formula is C21H28N2O4S. The van der Waals surface area contributed by atoms with Crippen LogP contribution < -0.4 is 10.1 Å². The van der Waals surface area contributed by atoms with Crippen LogP contribution in [0.25, 0.3) is 0 Å². The van der Waals surface area contributed by atoms with E-state index in [0.717, 1.165) is 16.9 Å². The highest BCUT2D eigenvalue weighted by molar-refractivity contribution is 7.89. The number of carbonyl (C=O) groups excluding carboxylic acids is 1. The summed E-state index contributed by atoms with van der Waals surface area (Å²) in [6, 6.07) is 14.3. The van der Waals surface area contributed by atoms with E-state index in [9.17, 15) is 13.2 Å². The Bertz CT molecular complexity index is 876. The van der Waals surface area contributed by atoms with Crippen LogP contribution in [0.1, 0.15) is 31.4 Å². The van der Waals surface area contributed by atoms with Gasteiger partial charge in [-0.1, -0.05) is 44.2 Å². The summed E-state index contributed by atoms with van der Waals surface area (Å²) in [4.78, 5) is 12.4. The molecule has 2 aromatic rings. The summed E-state index contributed by atoms with van der Waals surface area (Å²) in [5.41, 5.74) is 1.84. The van der Waals surface area contributed by atoms with Crippen LogP contribution in [0.2, 0.25) is 0 Å². The number of aryl methyl sites for hydroxylation is 1. The Hall–Kier alpha value is -2.38. The Kier molecular flexibility index (Phi) is 8.02. The molecular weight excluding hydrogens is 376 g/mol. The molecule has 2 rings (SSSR count). The first-order chi connectivity index (χ1) is 13.4. The molecule has 6 nitrogen and oxygen atoms in total. The van der Waals surface area contributed by atoms with E-state index < -0.39 is 10.0 Å². The highest BCUT2D eigenvalue weighted by atomic mass is 32.2. The third-order valence-electron chi connectivity index (χ3n) is 4.57. The Balaban J connectivity index is 1.90. The summed E-state index contributed by atoms with van der Waals surface area (Å²) in [6.07, 6.45) is 0.950. The van der Waals surface area contributed by atoms with E-state index in [1.54, 1.807) is 31.4 Å². The van der Waals surface area contributed by atoms with Gasteiger partial charge in [-0.2, -0.15) is 4.31 Å². The molecule has 0 aliphatic carbocycles. The van der Waals surface area contributed by atoms with Gasteiger partial charge in [0.25, 0.3) is 0 Å². The molecule has 0 saturated carbocycles. The minimum Gasteiger partial charge on any atom is -0.496 e. The van der Waals surface area contributed by atoms with Crippen LogP contribution >= 0.6 is 0 Å². The molecule has 0 aromatic heterocycles. The number of carbonyl (C=O) groups is 1. The summed E-state index contributed by atoms with van der Waals surface area (Å²) in [7, 11) is -1.85. The van der Waals surface area contributed by atoms with E-state index in [1.807, 2.05) is 38.1 Å². The molecule has 0 radical (unpaired) electrons. The van der Waals surface area contributed by atoms with Gasteiger partial charge < -0.3 is 10.1 Å². The van der Waals surface area contributed by atoms with Gasteiger partial charge in [-0.05, 0) is 35.7 Å². The van der Waals surface area contributed by atoms with Crippen molar-refractivity contribution in [1.82, 2.24) is 9.62 Å². The standard InChI is InChI=1S/C21H28N2O4S/c1-4-23(5-2)28(25,26)19-13-10-17(11-14-19)16-22-21(24)15-12-18-8-6-7-9-20(18)27-3/h6-11,13-14H,4-5,12,15-16H2,1-3H3,(H,22,24). The lowest BCUT2D eigenvalue weighted by molar-refractivity contribution is -0.121. The van der Waals surface area contributed by atoms with Gasteiger partial charge in [0.1, 0.15) is 5.75 Å². The van der Waals surface area contributed by atoms with Crippen LogP contribution in [0.5, 0.6) is 5.75 Å². The van der Waals surface area contributed by atoms with Gasteiger partial charge in [0.2, 0.25) is 15.9 Å². The number of benzene rings is 2. The van der Waals surface area contributed by atoms with Crippen LogP contribution in [0, 0.1) is 0 Å². The number of sulfonamides is 1. The average molecular weight is 405 g/mol. The second-order valence-corrected chi connectivity index (χ2v) is 8.26. The van der Waals surface area contributed by atoms with Gasteiger partial charge in [-0.25, -0.2) is 8.42 Å². The minimum atomic E-state index is -3.46. The summed E-state index contributed by atoms with van der Waals surface area (Å²) >= 11 is 0. The zero-order chi connectivity index (χ0) is 20.6. The number of para-hydroxylation sites is 1. The third kappa shape index (κ3) is 5.56. The first kappa shape index (κ1) is 21.9. The van der Waals surface area contributed by atoms with E-state index in [-0.39, 0.29) is 10.8 Å². The molecule has 0 saturated heterocycles. The average Bonchev–Trinajstić information content (AvgIpc) is 2.72. The van der Waals surface area contributed by atoms with E-state index in [1.165, 1.54) is 4.31 Å². The Morgan fingerprint density at radius 2 is 1.68 bits per heavy atom. The topological polar surface area (TPSA) is 75.7 Å². The highest BCUT2D eigenvalue weighted by Gasteiger charge is 2.21. The van der Waals surface area contributed by atoms with Crippen molar-refractivity contribution in [3.63, 3.8) is 0 Å². The molecule has 28 heavy (non-hydrogen) atoms. The van der Waals surface area contributed by atoms with E-state index in [2.05, 4.69) is 5.32 Å². The number of ether oxygens (including phenoxy) is 1. The second kappa shape index (κ2) is 10.2. The van der Waals surface area contributed by atoms with Crippen LogP contribution in [0.4, 0.5) is 0 Å². The first-order valence-corrected chi connectivity index (χ1v) is 10.8. The van der Waals surface area contributed by atoms with Crippen LogP contribution in [-0.4, -0.2) is 38.8 Å². The molecule has 1 N–H and O–H groups in total. The molecule has 0 bridgehead atoms. The van der Waals surface area contributed by atoms with Gasteiger partial charge in [0.05, 0.1) is 12.0 Å². The Morgan fingerprint density at radius 1 is 1.04 bits per heavy atom. The fourth-order valence-electron chi connectivity index (χ4n) is 2.94. The largest absolute Gasteiger partial charge is 0.496 e. The normalized spacial score (nSPS) is 11.4. The lowest BCUT2D eigenvalue weighted by atomic mass is 10.1. The molecule has 0 aliphatic rings. The maximum Gasteiger partial charge on any atom is 0.243 e. The number of hydrogen-bond donors (Lipinski definition) is 1. The van der Waals surface area contributed by atoms with E-state index >= 15 is 0 Å². The van der Waals surface area contributed by atoms with Crippen molar-refractivity contribution in [2.45, 2.75) is 38.1 Å². The predicted molar refractivity (Wildman–Crippen MR) is 110 cm³/mol. The molecule has 1 amide bonds. The molecule has 0 atom stereocenters. The summed E-state index contributed by atoms with van der Waals surface area (Å²) in [5, 5.41) is 2.87. The van der Waals surface area contributed by atoms with Crippen molar-refractivity contribution in [3.8, 4) is 5.75 Å². The zero-order valence-corrected chi connectivity index (χ0v) is 17.5. The maximum absolute atomic E-state index is 12.5. The second-order valence-electron chi connectivity index (χ2n) is 6.32. The van der Waals surface area contributed by atoms with Crippen LogP contribution in [-0.2, 0) is 27.8 Å². The number of rotatable bonds is 10. The fourth-order valence-corrected chi connectivity index (χ4v) is 4.40. The van der Waals surface area contributed by atoms with E-state index in [4.69, 9.17) is 4.74 Å². The molecule has 0 aliphatic heterocycles. The van der Waals surface area contributed by atoms with E-state index in [0.29, 0.717) is 32.5 Å². The van der Waals surface area contributed by atoms with Crippen LogP contribution in [0.15, 0.2) is 53.4 Å². The van der Waals surface area contributed by atoms with Gasteiger partial charge in [-0.3, -0.25) is 4.79 Å². The highest BCUT2D eigenvalue weighted by Crippen LogP contribution is 2.19. The van der Waals surface area contributed by atoms with Crippen molar-refractivity contribution < 1.29 is 17.9 Å². The zero-order valence-electron chi connectivity index (χ0n) is 16.6. The fraction of sp³-hybridized carbons (Fsp3) is 0.381. The number of amides is 1. The first-order valence-electron chi connectivity index (χ1n) is 9.40. The molecule has 2 aromatic carbocycles. The van der Waals surface area contributed by atoms with Gasteiger partial charge in [0, 0.05) is 26.1 Å². The Labute approximate surface area is 167 Å². The maximum atomic E-state index is 12.5. The van der Waals surface area contributed by atoms with Crippen molar-refractivity contribution >= 4 is 15.9 Å². The van der Waals surface area contributed by atoms with Crippen molar-refractivity contribution in [1.29, 1.82) is 0 Å². The number of hydrogen-bond acceptors (Lipinski definition) is 4. The lowest BCUT2D eigenvalue weighted by Crippen LogP contribution is -2.30. The number of nitrogens with zero attached hydrogens (tertiary/aromatic N) is 1. The van der Waals surface area contributed by atoms with Crippen LogP contribution in [0.3, 0.4) is 0 Å². The number of nitrogens with one attached hydrogen (secondary N) is 1. The van der Waals surface area contributed by atoms with Crippen molar-refractivity contribution in [3.05, 3.63) is 59.7 Å². The molecule has 7 heteroatoms. The van der Waals surface area contributed by atoms with Gasteiger partial charge in [-0.15, -0.1) is 0 Å². The quantitative estimate of drug-likeness (QED) is 0.661. The Morgan fingerprint density at radius 3 is 2.29 bits per heavy atom. The van der Waals surface area contributed by atoms with Crippen molar-refractivity contribution in [2.75, 3.05) is 20.2 Å². The molecule has 0 fully saturated rings. The SMILES string of the molecule is CCN(CC)S(=O)(=O)c1ccc(CNC(=O)CCc2ccccc2OC)cc1.